The summed E-state index contributed by atoms with van der Waals surface area (Å²) in [5.41, 5.74) is 6.46. The van der Waals surface area contributed by atoms with E-state index in [1.807, 2.05) is 0 Å². The zero-order chi connectivity index (χ0) is 15.6. The fourth-order valence-electron chi connectivity index (χ4n) is 1.64. The van der Waals surface area contributed by atoms with Gasteiger partial charge in [0.2, 0.25) is 0 Å². The van der Waals surface area contributed by atoms with Crippen LogP contribution in [0.1, 0.15) is 20.7 Å². The Hall–Kier alpha value is -2.24. The van der Waals surface area contributed by atoms with Crippen molar-refractivity contribution < 1.29 is 14.7 Å². The van der Waals surface area contributed by atoms with Crippen LogP contribution in [0.5, 0.6) is 0 Å². The van der Waals surface area contributed by atoms with E-state index in [1.54, 1.807) is 0 Å². The molecule has 0 atom stereocenters. The third-order valence-corrected chi connectivity index (χ3v) is 3.37. The summed E-state index contributed by atoms with van der Waals surface area (Å²) in [5, 5.41) is 11.9. The smallest absolute Gasteiger partial charge is 0.337 e. The summed E-state index contributed by atoms with van der Waals surface area (Å²) in [5.74, 6) is -1.61. The van der Waals surface area contributed by atoms with Gasteiger partial charge in [0.1, 0.15) is 0 Å². The van der Waals surface area contributed by atoms with Gasteiger partial charge in [0, 0.05) is 11.3 Å². The van der Waals surface area contributed by atoms with Crippen molar-refractivity contribution in [1.29, 1.82) is 0 Å². The van der Waals surface area contributed by atoms with Gasteiger partial charge >= 0.3 is 5.97 Å². The summed E-state index contributed by atoms with van der Waals surface area (Å²) in [7, 11) is 0. The predicted octanol–water partition coefficient (Wildman–Crippen LogP) is 3.53. The monoisotopic (exact) mass is 324 g/mol. The molecule has 0 saturated heterocycles. The van der Waals surface area contributed by atoms with E-state index in [0.29, 0.717) is 16.9 Å². The number of nitrogens with one attached hydrogen (secondary N) is 1. The van der Waals surface area contributed by atoms with Crippen LogP contribution in [-0.2, 0) is 0 Å². The van der Waals surface area contributed by atoms with Gasteiger partial charge in [-0.25, -0.2) is 4.79 Å². The van der Waals surface area contributed by atoms with Gasteiger partial charge < -0.3 is 16.2 Å². The molecular formula is C14H10Cl2N2O3. The van der Waals surface area contributed by atoms with Gasteiger partial charge in [-0.15, -0.1) is 0 Å². The Balaban J connectivity index is 2.25. The molecule has 2 aromatic carbocycles. The summed E-state index contributed by atoms with van der Waals surface area (Å²) < 4.78 is 0. The molecule has 5 nitrogen and oxygen atoms in total. The minimum Gasteiger partial charge on any atom is -0.478 e. The van der Waals surface area contributed by atoms with Gasteiger partial charge in [-0.3, -0.25) is 4.79 Å². The molecule has 2 rings (SSSR count). The van der Waals surface area contributed by atoms with Crippen molar-refractivity contribution in [2.24, 2.45) is 0 Å². The molecule has 7 heteroatoms. The van der Waals surface area contributed by atoms with Crippen LogP contribution in [0.2, 0.25) is 10.0 Å². The van der Waals surface area contributed by atoms with Gasteiger partial charge in [0.05, 0.1) is 21.3 Å². The Morgan fingerprint density at radius 1 is 1.05 bits per heavy atom. The van der Waals surface area contributed by atoms with E-state index in [0.717, 1.165) is 0 Å². The van der Waals surface area contributed by atoms with Crippen LogP contribution < -0.4 is 11.1 Å². The molecule has 0 fully saturated rings. The molecule has 4 N–H and O–H groups in total. The molecule has 0 aliphatic heterocycles. The van der Waals surface area contributed by atoms with Crippen LogP contribution in [0.25, 0.3) is 0 Å². The maximum absolute atomic E-state index is 12.1. The van der Waals surface area contributed by atoms with Crippen LogP contribution in [0.15, 0.2) is 36.4 Å². The van der Waals surface area contributed by atoms with E-state index in [2.05, 4.69) is 5.32 Å². The third kappa shape index (κ3) is 3.45. The van der Waals surface area contributed by atoms with Crippen molar-refractivity contribution >= 4 is 46.5 Å². The summed E-state index contributed by atoms with van der Waals surface area (Å²) in [6, 6.07) is 8.65. The molecule has 0 saturated carbocycles. The number of hydrogen-bond donors (Lipinski definition) is 3. The first kappa shape index (κ1) is 15.2. The van der Waals surface area contributed by atoms with Crippen LogP contribution in [0.3, 0.4) is 0 Å². The summed E-state index contributed by atoms with van der Waals surface area (Å²) in [4.78, 5) is 23.0. The molecule has 0 radical (unpaired) electrons. The molecule has 0 aromatic heterocycles. The second kappa shape index (κ2) is 6.03. The maximum Gasteiger partial charge on any atom is 0.337 e. The Labute approximate surface area is 130 Å². The molecule has 108 valence electrons. The first-order valence-corrected chi connectivity index (χ1v) is 6.53. The van der Waals surface area contributed by atoms with Gasteiger partial charge in [-0.05, 0) is 36.4 Å². The van der Waals surface area contributed by atoms with E-state index < -0.39 is 11.9 Å². The number of amides is 1. The average Bonchev–Trinajstić information content (AvgIpc) is 2.43. The second-order valence-corrected chi connectivity index (χ2v) is 5.00. The van der Waals surface area contributed by atoms with Crippen LogP contribution >= 0.6 is 23.2 Å². The van der Waals surface area contributed by atoms with Crippen molar-refractivity contribution in [2.45, 2.75) is 0 Å². The van der Waals surface area contributed by atoms with E-state index >= 15 is 0 Å². The van der Waals surface area contributed by atoms with Gasteiger partial charge in [-0.1, -0.05) is 23.2 Å². The zero-order valence-electron chi connectivity index (χ0n) is 10.6. The van der Waals surface area contributed by atoms with Crippen molar-refractivity contribution in [1.82, 2.24) is 0 Å². The highest BCUT2D eigenvalue weighted by Gasteiger charge is 2.12. The molecule has 0 heterocycles. The number of halogens is 2. The molecule has 0 bridgehead atoms. The van der Waals surface area contributed by atoms with Gasteiger partial charge in [0.25, 0.3) is 5.91 Å². The van der Waals surface area contributed by atoms with Crippen molar-refractivity contribution in [3.63, 3.8) is 0 Å². The summed E-state index contributed by atoms with van der Waals surface area (Å²) >= 11 is 11.6. The lowest BCUT2D eigenvalue weighted by atomic mass is 10.1. The molecule has 0 aliphatic rings. The quantitative estimate of drug-likeness (QED) is 0.753. The zero-order valence-corrected chi connectivity index (χ0v) is 12.1. The Morgan fingerprint density at radius 3 is 2.38 bits per heavy atom. The molecule has 1 amide bonds. The first-order chi connectivity index (χ1) is 9.88. The number of carbonyl (C=O) groups excluding carboxylic acids is 1. The third-order valence-electron chi connectivity index (χ3n) is 2.72. The molecule has 0 spiro atoms. The lowest BCUT2D eigenvalue weighted by Gasteiger charge is -2.08. The number of nitrogens with two attached hydrogens (primary N) is 1. The highest BCUT2D eigenvalue weighted by Crippen LogP contribution is 2.23. The number of benzene rings is 2. The van der Waals surface area contributed by atoms with Crippen molar-refractivity contribution in [2.75, 3.05) is 11.1 Å². The first-order valence-electron chi connectivity index (χ1n) is 5.77. The number of hydrogen-bond acceptors (Lipinski definition) is 3. The number of anilines is 2. The Morgan fingerprint density at radius 2 is 1.76 bits per heavy atom. The van der Waals surface area contributed by atoms with Crippen LogP contribution in [0, 0.1) is 0 Å². The van der Waals surface area contributed by atoms with Crippen molar-refractivity contribution in [3.8, 4) is 0 Å². The number of carboxylic acid groups (broad SMARTS) is 1. The van der Waals surface area contributed by atoms with E-state index in [1.165, 1.54) is 36.4 Å². The van der Waals surface area contributed by atoms with E-state index in [4.69, 9.17) is 34.0 Å². The maximum atomic E-state index is 12.1. The SMILES string of the molecule is Nc1ccc(C(=O)Nc2ccc(Cl)c(C(=O)O)c2)cc1Cl. The molecular weight excluding hydrogens is 315 g/mol. The Bertz CT molecular complexity index is 732. The molecule has 2 aromatic rings. The second-order valence-electron chi connectivity index (χ2n) is 4.19. The molecule has 0 aliphatic carbocycles. The van der Waals surface area contributed by atoms with Crippen molar-refractivity contribution in [3.05, 3.63) is 57.6 Å². The fourth-order valence-corrected chi connectivity index (χ4v) is 2.02. The summed E-state index contributed by atoms with van der Waals surface area (Å²) in [6.45, 7) is 0. The predicted molar refractivity (Wildman–Crippen MR) is 82.2 cm³/mol. The molecule has 0 unspecified atom stereocenters. The van der Waals surface area contributed by atoms with Gasteiger partial charge in [0.15, 0.2) is 0 Å². The number of rotatable bonds is 3. The largest absolute Gasteiger partial charge is 0.478 e. The lowest BCUT2D eigenvalue weighted by Crippen LogP contribution is -2.12. The standard InChI is InChI=1S/C14H10Cl2N2O3/c15-10-3-2-8(6-9(10)14(20)21)18-13(19)7-1-4-12(17)11(16)5-7/h1-6H,17H2,(H,18,19)(H,20,21). The number of nitrogen functional groups attached to an aromatic ring is 1. The average molecular weight is 325 g/mol. The van der Waals surface area contributed by atoms with Crippen LogP contribution in [0.4, 0.5) is 11.4 Å². The highest BCUT2D eigenvalue weighted by atomic mass is 35.5. The highest BCUT2D eigenvalue weighted by molar-refractivity contribution is 6.34. The number of aromatic carboxylic acids is 1. The van der Waals surface area contributed by atoms with Crippen LogP contribution in [-0.4, -0.2) is 17.0 Å². The van der Waals surface area contributed by atoms with E-state index in [9.17, 15) is 9.59 Å². The number of carbonyl (C=O) groups is 2. The minimum atomic E-state index is -1.17. The Kier molecular flexibility index (Phi) is 4.35. The van der Waals surface area contributed by atoms with Gasteiger partial charge in [-0.2, -0.15) is 0 Å². The molecule has 21 heavy (non-hydrogen) atoms. The number of carboxylic acids is 1. The normalized spacial score (nSPS) is 10.2. The topological polar surface area (TPSA) is 92.4 Å². The minimum absolute atomic E-state index is 0.0928. The fraction of sp³-hybridized carbons (Fsp3) is 0. The van der Waals surface area contributed by atoms with E-state index in [-0.39, 0.29) is 15.6 Å². The summed E-state index contributed by atoms with van der Waals surface area (Å²) in [6.07, 6.45) is 0. The lowest BCUT2D eigenvalue weighted by molar-refractivity contribution is 0.0696.